The third-order valence-corrected chi connectivity index (χ3v) is 4.27. The number of amides is 1. The minimum atomic E-state index is -1.38. The summed E-state index contributed by atoms with van der Waals surface area (Å²) >= 11 is 5.80. The van der Waals surface area contributed by atoms with Gasteiger partial charge in [-0.3, -0.25) is 0 Å². The largest absolute Gasteiger partial charge is 0.465 e. The molecule has 116 valence electrons. The molecule has 0 saturated carbocycles. The van der Waals surface area contributed by atoms with Gasteiger partial charge in [-0.05, 0) is 23.1 Å². The van der Waals surface area contributed by atoms with Gasteiger partial charge in [-0.25, -0.2) is 9.18 Å². The van der Waals surface area contributed by atoms with Gasteiger partial charge in [0.25, 0.3) is 0 Å². The van der Waals surface area contributed by atoms with Crippen LogP contribution in [0, 0.1) is 11.2 Å². The van der Waals surface area contributed by atoms with Crippen molar-refractivity contribution in [2.24, 2.45) is 5.41 Å². The summed E-state index contributed by atoms with van der Waals surface area (Å²) in [5.41, 5.74) is -1.42. The predicted molar refractivity (Wildman–Crippen MR) is 77.9 cm³/mol. The van der Waals surface area contributed by atoms with Crippen LogP contribution in [-0.2, 0) is 5.60 Å². The van der Waals surface area contributed by atoms with Crippen LogP contribution >= 0.6 is 11.6 Å². The van der Waals surface area contributed by atoms with E-state index in [0.717, 1.165) is 0 Å². The van der Waals surface area contributed by atoms with Crippen molar-refractivity contribution in [2.45, 2.75) is 38.8 Å². The van der Waals surface area contributed by atoms with E-state index < -0.39 is 29.0 Å². The molecule has 1 amide bonds. The van der Waals surface area contributed by atoms with Gasteiger partial charge in [-0.1, -0.05) is 38.4 Å². The van der Waals surface area contributed by atoms with Crippen molar-refractivity contribution in [3.63, 3.8) is 0 Å². The molecule has 0 aromatic heterocycles. The number of aliphatic hydroxyl groups is 1. The van der Waals surface area contributed by atoms with Crippen LogP contribution in [0.15, 0.2) is 18.2 Å². The highest BCUT2D eigenvalue weighted by molar-refractivity contribution is 6.30. The van der Waals surface area contributed by atoms with Gasteiger partial charge in [0, 0.05) is 13.0 Å². The van der Waals surface area contributed by atoms with Crippen molar-refractivity contribution in [3.05, 3.63) is 34.6 Å². The maximum atomic E-state index is 13.3. The first-order valence-corrected chi connectivity index (χ1v) is 7.12. The lowest BCUT2D eigenvalue weighted by molar-refractivity contribution is -0.0413. The van der Waals surface area contributed by atoms with Gasteiger partial charge >= 0.3 is 6.09 Å². The smallest absolute Gasteiger partial charge is 0.407 e. The maximum absolute atomic E-state index is 13.3. The molecule has 4 nitrogen and oxygen atoms in total. The number of halogens is 2. The highest BCUT2D eigenvalue weighted by atomic mass is 35.5. The Morgan fingerprint density at radius 1 is 1.48 bits per heavy atom. The minimum absolute atomic E-state index is 0.0811. The zero-order valence-electron chi connectivity index (χ0n) is 12.2. The average molecular weight is 316 g/mol. The molecule has 2 atom stereocenters. The molecule has 2 rings (SSSR count). The van der Waals surface area contributed by atoms with Crippen LogP contribution < -0.4 is 0 Å². The fraction of sp³-hybridized carbons (Fsp3) is 0.533. The summed E-state index contributed by atoms with van der Waals surface area (Å²) in [6.45, 7) is 5.84. The normalized spacial score (nSPS) is 26.2. The number of carbonyl (C=O) groups is 1. The Morgan fingerprint density at radius 2 is 2.10 bits per heavy atom. The first kappa shape index (κ1) is 16.0. The summed E-state index contributed by atoms with van der Waals surface area (Å²) in [5.74, 6) is -0.565. The number of nitrogens with zero attached hydrogens (tertiary/aromatic N) is 1. The lowest BCUT2D eigenvalue weighted by Gasteiger charge is -2.42. The van der Waals surface area contributed by atoms with Crippen LogP contribution in [0.25, 0.3) is 0 Å². The molecule has 1 fully saturated rings. The first-order chi connectivity index (χ1) is 9.57. The Labute approximate surface area is 128 Å². The molecule has 0 spiro atoms. The van der Waals surface area contributed by atoms with Gasteiger partial charge in [0.15, 0.2) is 0 Å². The lowest BCUT2D eigenvalue weighted by atomic mass is 9.73. The van der Waals surface area contributed by atoms with Gasteiger partial charge in [0.1, 0.15) is 11.4 Å². The summed E-state index contributed by atoms with van der Waals surface area (Å²) in [4.78, 5) is 12.7. The zero-order valence-corrected chi connectivity index (χ0v) is 13.0. The van der Waals surface area contributed by atoms with Crippen molar-refractivity contribution in [1.82, 2.24) is 4.90 Å². The highest BCUT2D eigenvalue weighted by Crippen LogP contribution is 2.46. The van der Waals surface area contributed by atoms with Crippen molar-refractivity contribution in [3.8, 4) is 0 Å². The van der Waals surface area contributed by atoms with Gasteiger partial charge in [-0.15, -0.1) is 0 Å². The Balaban J connectivity index is 2.53. The number of hydrogen-bond acceptors (Lipinski definition) is 2. The van der Waals surface area contributed by atoms with E-state index in [1.165, 1.54) is 23.1 Å². The van der Waals surface area contributed by atoms with Gasteiger partial charge in [0.05, 0.1) is 11.1 Å². The molecule has 1 aliphatic rings. The van der Waals surface area contributed by atoms with Gasteiger partial charge < -0.3 is 15.1 Å². The molecule has 0 radical (unpaired) electrons. The number of benzene rings is 1. The van der Waals surface area contributed by atoms with Crippen LogP contribution in [0.5, 0.6) is 0 Å². The molecule has 1 heterocycles. The minimum Gasteiger partial charge on any atom is -0.465 e. The summed E-state index contributed by atoms with van der Waals surface area (Å²) < 4.78 is 13.3. The topological polar surface area (TPSA) is 60.8 Å². The van der Waals surface area contributed by atoms with Gasteiger partial charge in [-0.2, -0.15) is 0 Å². The molecule has 6 heteroatoms. The Hall–Kier alpha value is -1.33. The number of rotatable bonds is 1. The fourth-order valence-corrected chi connectivity index (χ4v) is 3.45. The van der Waals surface area contributed by atoms with Crippen LogP contribution in [0.1, 0.15) is 32.8 Å². The molecule has 21 heavy (non-hydrogen) atoms. The molecule has 0 bridgehead atoms. The lowest BCUT2D eigenvalue weighted by Crippen LogP contribution is -2.52. The number of hydrogen-bond donors (Lipinski definition) is 2. The second-order valence-electron chi connectivity index (χ2n) is 6.55. The molecule has 2 unspecified atom stereocenters. The average Bonchev–Trinajstić information content (AvgIpc) is 2.72. The molecule has 1 saturated heterocycles. The summed E-state index contributed by atoms with van der Waals surface area (Å²) in [6.07, 6.45) is -0.817. The second-order valence-corrected chi connectivity index (χ2v) is 6.95. The quantitative estimate of drug-likeness (QED) is 0.834. The van der Waals surface area contributed by atoms with E-state index in [9.17, 15) is 19.4 Å². The maximum Gasteiger partial charge on any atom is 0.407 e. The third-order valence-electron chi connectivity index (χ3n) is 3.98. The molecule has 0 aliphatic carbocycles. The van der Waals surface area contributed by atoms with E-state index in [1.54, 1.807) is 0 Å². The van der Waals surface area contributed by atoms with Crippen LogP contribution in [-0.4, -0.2) is 33.8 Å². The van der Waals surface area contributed by atoms with E-state index >= 15 is 0 Å². The number of likely N-dealkylation sites (tertiary alicyclic amines) is 1. The molecular weight excluding hydrogens is 297 g/mol. The predicted octanol–water partition coefficient (Wildman–Crippen LogP) is 3.47. The van der Waals surface area contributed by atoms with E-state index in [2.05, 4.69) is 0 Å². The van der Waals surface area contributed by atoms with Crippen molar-refractivity contribution in [2.75, 3.05) is 6.54 Å². The van der Waals surface area contributed by atoms with E-state index in [4.69, 9.17) is 11.6 Å². The Kier molecular flexibility index (Phi) is 3.93. The van der Waals surface area contributed by atoms with E-state index in [-0.39, 0.29) is 18.0 Å². The Bertz CT molecular complexity index is 573. The SMILES string of the molecule is CC(C)(C)C1N(C(=O)O)CCC1(O)c1ccc(F)c(Cl)c1. The van der Waals surface area contributed by atoms with E-state index in [0.29, 0.717) is 5.56 Å². The number of carboxylic acid groups (broad SMARTS) is 1. The summed E-state index contributed by atoms with van der Waals surface area (Å²) in [7, 11) is 0. The summed E-state index contributed by atoms with van der Waals surface area (Å²) in [5, 5.41) is 20.4. The van der Waals surface area contributed by atoms with Crippen LogP contribution in [0.3, 0.4) is 0 Å². The first-order valence-electron chi connectivity index (χ1n) is 6.75. The van der Waals surface area contributed by atoms with E-state index in [1.807, 2.05) is 20.8 Å². The fourth-order valence-electron chi connectivity index (χ4n) is 3.27. The molecule has 1 aliphatic heterocycles. The van der Waals surface area contributed by atoms with Crippen LogP contribution in [0.4, 0.5) is 9.18 Å². The van der Waals surface area contributed by atoms with Crippen molar-refractivity contribution >= 4 is 17.7 Å². The molecular formula is C15H19ClFNO3. The highest BCUT2D eigenvalue weighted by Gasteiger charge is 2.54. The monoisotopic (exact) mass is 315 g/mol. The Morgan fingerprint density at radius 3 is 2.57 bits per heavy atom. The third kappa shape index (κ3) is 2.72. The summed E-state index contributed by atoms with van der Waals surface area (Å²) in [6, 6.07) is 3.40. The molecule has 1 aromatic rings. The van der Waals surface area contributed by atoms with Crippen molar-refractivity contribution < 1.29 is 19.4 Å². The molecule has 1 aromatic carbocycles. The second kappa shape index (κ2) is 5.14. The van der Waals surface area contributed by atoms with Crippen LogP contribution in [0.2, 0.25) is 5.02 Å². The zero-order chi connectivity index (χ0) is 16.0. The molecule has 2 N–H and O–H groups in total. The van der Waals surface area contributed by atoms with Crippen molar-refractivity contribution in [1.29, 1.82) is 0 Å². The standard InChI is InChI=1S/C15H19ClFNO3/c1-14(2,3)12-15(21,6-7-18(12)13(19)20)9-4-5-11(17)10(16)8-9/h4-5,8,12,21H,6-7H2,1-3H3,(H,19,20). The van der Waals surface area contributed by atoms with Gasteiger partial charge in [0.2, 0.25) is 0 Å².